The molecule has 4 N–H and O–H groups in total. The molecule has 1 rings (SSSR count). The van der Waals surface area contributed by atoms with Gasteiger partial charge in [-0.2, -0.15) is 0 Å². The van der Waals surface area contributed by atoms with Gasteiger partial charge in [-0.3, -0.25) is 0 Å². The van der Waals surface area contributed by atoms with Crippen molar-refractivity contribution < 1.29 is 9.60 Å². The minimum absolute atomic E-state index is 0.123. The molecule has 0 bridgehead atoms. The van der Waals surface area contributed by atoms with Gasteiger partial charge in [0.1, 0.15) is 5.82 Å². The van der Waals surface area contributed by atoms with Crippen molar-refractivity contribution in [3.63, 3.8) is 0 Å². The molecule has 0 aliphatic carbocycles. The maximum Gasteiger partial charge on any atom is 0.173 e. The number of oxime groups is 1. The summed E-state index contributed by atoms with van der Waals surface area (Å²) in [5, 5.41) is 14.7. The van der Waals surface area contributed by atoms with Gasteiger partial charge in [0.15, 0.2) is 5.84 Å². The van der Waals surface area contributed by atoms with Gasteiger partial charge in [0, 0.05) is 25.2 Å². The fourth-order valence-corrected chi connectivity index (χ4v) is 2.17. The second-order valence-corrected chi connectivity index (χ2v) is 4.87. The van der Waals surface area contributed by atoms with E-state index in [0.29, 0.717) is 12.1 Å². The van der Waals surface area contributed by atoms with Crippen LogP contribution in [0, 0.1) is 5.82 Å². The van der Waals surface area contributed by atoms with Gasteiger partial charge < -0.3 is 21.2 Å². The van der Waals surface area contributed by atoms with Gasteiger partial charge >= 0.3 is 0 Å². The van der Waals surface area contributed by atoms with E-state index in [1.807, 2.05) is 0 Å². The summed E-state index contributed by atoms with van der Waals surface area (Å²) in [6, 6.07) is 4.89. The summed E-state index contributed by atoms with van der Waals surface area (Å²) in [4.78, 5) is 2.34. The summed E-state index contributed by atoms with van der Waals surface area (Å²) < 4.78 is 14.2. The van der Waals surface area contributed by atoms with Crippen LogP contribution < -0.4 is 11.1 Å². The molecule has 5 nitrogen and oxygen atoms in total. The molecule has 0 saturated heterocycles. The standard InChI is InChI=1S/C15H25FN4O/c1-3-9-20(4-2)10-8-18-11-12-6-5-7-13(14(12)16)15(17)19-21/h5-7,18,21H,3-4,8-11H2,1-2H3,(H2,17,19). The lowest BCUT2D eigenvalue weighted by Gasteiger charge is -2.19. The third-order valence-electron chi connectivity index (χ3n) is 3.37. The van der Waals surface area contributed by atoms with Gasteiger partial charge in [-0.05, 0) is 25.6 Å². The zero-order chi connectivity index (χ0) is 15.7. The van der Waals surface area contributed by atoms with Crippen molar-refractivity contribution in [3.05, 3.63) is 35.1 Å². The summed E-state index contributed by atoms with van der Waals surface area (Å²) in [5.41, 5.74) is 6.08. The van der Waals surface area contributed by atoms with Crippen LogP contribution in [-0.2, 0) is 6.54 Å². The summed E-state index contributed by atoms with van der Waals surface area (Å²) in [7, 11) is 0. The number of benzene rings is 1. The van der Waals surface area contributed by atoms with Crippen molar-refractivity contribution >= 4 is 5.84 Å². The topological polar surface area (TPSA) is 73.9 Å². The summed E-state index contributed by atoms with van der Waals surface area (Å²) in [6.45, 7) is 8.53. The van der Waals surface area contributed by atoms with Gasteiger partial charge in [0.25, 0.3) is 0 Å². The molecular weight excluding hydrogens is 271 g/mol. The monoisotopic (exact) mass is 296 g/mol. The maximum atomic E-state index is 14.2. The third kappa shape index (κ3) is 5.32. The number of likely N-dealkylation sites (N-methyl/N-ethyl adjacent to an activating group) is 1. The van der Waals surface area contributed by atoms with Crippen molar-refractivity contribution in [2.24, 2.45) is 10.9 Å². The molecule has 0 aromatic heterocycles. The predicted molar refractivity (Wildman–Crippen MR) is 83.0 cm³/mol. The number of amidine groups is 1. The lowest BCUT2D eigenvalue weighted by Crippen LogP contribution is -2.32. The Balaban J connectivity index is 2.53. The van der Waals surface area contributed by atoms with Crippen LogP contribution in [0.2, 0.25) is 0 Å². The molecule has 1 aromatic carbocycles. The van der Waals surface area contributed by atoms with E-state index in [0.717, 1.165) is 32.6 Å². The molecule has 21 heavy (non-hydrogen) atoms. The van der Waals surface area contributed by atoms with Crippen molar-refractivity contribution in [2.45, 2.75) is 26.8 Å². The average Bonchev–Trinajstić information content (AvgIpc) is 2.51. The highest BCUT2D eigenvalue weighted by Gasteiger charge is 2.11. The first kappa shape index (κ1) is 17.4. The van der Waals surface area contributed by atoms with Crippen molar-refractivity contribution in [1.29, 1.82) is 0 Å². The maximum absolute atomic E-state index is 14.2. The minimum atomic E-state index is -0.443. The molecule has 0 atom stereocenters. The molecule has 118 valence electrons. The Kier molecular flexibility index (Phi) is 7.71. The molecule has 0 heterocycles. The highest BCUT2D eigenvalue weighted by atomic mass is 19.1. The zero-order valence-corrected chi connectivity index (χ0v) is 12.8. The van der Waals surface area contributed by atoms with Crippen LogP contribution in [0.25, 0.3) is 0 Å². The van der Waals surface area contributed by atoms with Gasteiger partial charge in [-0.15, -0.1) is 0 Å². The largest absolute Gasteiger partial charge is 0.409 e. The molecule has 0 unspecified atom stereocenters. The number of nitrogens with zero attached hydrogens (tertiary/aromatic N) is 2. The summed E-state index contributed by atoms with van der Waals surface area (Å²) >= 11 is 0. The minimum Gasteiger partial charge on any atom is -0.409 e. The van der Waals surface area contributed by atoms with E-state index in [4.69, 9.17) is 10.9 Å². The normalized spacial score (nSPS) is 12.1. The van der Waals surface area contributed by atoms with Gasteiger partial charge in [-0.25, -0.2) is 4.39 Å². The molecule has 1 aromatic rings. The fraction of sp³-hybridized carbons (Fsp3) is 0.533. The third-order valence-corrected chi connectivity index (χ3v) is 3.37. The lowest BCUT2D eigenvalue weighted by atomic mass is 10.1. The van der Waals surface area contributed by atoms with Gasteiger partial charge in [0.05, 0.1) is 5.56 Å². The number of nitrogens with one attached hydrogen (secondary N) is 1. The van der Waals surface area contributed by atoms with Crippen LogP contribution in [0.4, 0.5) is 4.39 Å². The first-order valence-electron chi connectivity index (χ1n) is 7.32. The number of nitrogens with two attached hydrogens (primary N) is 1. The lowest BCUT2D eigenvalue weighted by molar-refractivity contribution is 0.287. The van der Waals surface area contributed by atoms with E-state index in [2.05, 4.69) is 29.2 Å². The number of hydrogen-bond donors (Lipinski definition) is 3. The Morgan fingerprint density at radius 2 is 2.14 bits per heavy atom. The van der Waals surface area contributed by atoms with Crippen LogP contribution in [0.3, 0.4) is 0 Å². The van der Waals surface area contributed by atoms with Gasteiger partial charge in [-0.1, -0.05) is 31.1 Å². The molecule has 0 aliphatic heterocycles. The van der Waals surface area contributed by atoms with E-state index in [1.165, 1.54) is 6.07 Å². The number of rotatable bonds is 9. The van der Waals surface area contributed by atoms with Crippen LogP contribution in [-0.4, -0.2) is 42.1 Å². The molecule has 0 amide bonds. The van der Waals surface area contributed by atoms with E-state index in [9.17, 15) is 4.39 Å². The fourth-order valence-electron chi connectivity index (χ4n) is 2.17. The van der Waals surface area contributed by atoms with Crippen molar-refractivity contribution in [1.82, 2.24) is 10.2 Å². The Bertz CT molecular complexity index is 465. The van der Waals surface area contributed by atoms with Crippen molar-refractivity contribution in [2.75, 3.05) is 26.2 Å². The second kappa shape index (κ2) is 9.31. The molecule has 0 fully saturated rings. The Hall–Kier alpha value is -1.66. The second-order valence-electron chi connectivity index (χ2n) is 4.87. The van der Waals surface area contributed by atoms with Crippen LogP contribution in [0.15, 0.2) is 23.4 Å². The first-order valence-corrected chi connectivity index (χ1v) is 7.32. The highest BCUT2D eigenvalue weighted by molar-refractivity contribution is 5.97. The predicted octanol–water partition coefficient (Wildman–Crippen LogP) is 1.74. The Labute approximate surface area is 125 Å². The zero-order valence-electron chi connectivity index (χ0n) is 12.8. The first-order chi connectivity index (χ1) is 10.1. The smallest absolute Gasteiger partial charge is 0.173 e. The van der Waals surface area contributed by atoms with E-state index in [1.54, 1.807) is 12.1 Å². The quantitative estimate of drug-likeness (QED) is 0.213. The molecule has 0 aliphatic rings. The highest BCUT2D eigenvalue weighted by Crippen LogP contribution is 2.12. The van der Waals surface area contributed by atoms with Gasteiger partial charge in [0.2, 0.25) is 0 Å². The van der Waals surface area contributed by atoms with Crippen LogP contribution >= 0.6 is 0 Å². The van der Waals surface area contributed by atoms with E-state index in [-0.39, 0.29) is 11.4 Å². The number of hydrogen-bond acceptors (Lipinski definition) is 4. The van der Waals surface area contributed by atoms with Crippen molar-refractivity contribution in [3.8, 4) is 0 Å². The summed E-state index contributed by atoms with van der Waals surface area (Å²) in [5.74, 6) is -0.657. The molecule has 0 saturated carbocycles. The average molecular weight is 296 g/mol. The summed E-state index contributed by atoms with van der Waals surface area (Å²) in [6.07, 6.45) is 1.13. The molecule has 0 radical (unpaired) electrons. The van der Waals surface area contributed by atoms with E-state index < -0.39 is 5.82 Å². The Morgan fingerprint density at radius 3 is 2.76 bits per heavy atom. The molecule has 0 spiro atoms. The van der Waals surface area contributed by atoms with Crippen LogP contribution in [0.1, 0.15) is 31.4 Å². The Morgan fingerprint density at radius 1 is 1.38 bits per heavy atom. The van der Waals surface area contributed by atoms with Crippen LogP contribution in [0.5, 0.6) is 0 Å². The molecular formula is C15H25FN4O. The molecule has 6 heteroatoms. The SMILES string of the molecule is CCCN(CC)CCNCc1cccc(/C(N)=N/O)c1F. The number of halogens is 1. The van der Waals surface area contributed by atoms with E-state index >= 15 is 0 Å².